The Morgan fingerprint density at radius 1 is 0.964 bits per heavy atom. The van der Waals surface area contributed by atoms with E-state index in [1.165, 1.54) is 18.4 Å². The molecule has 0 aliphatic rings. The summed E-state index contributed by atoms with van der Waals surface area (Å²) in [5.41, 5.74) is 3.48. The number of thiophene rings is 1. The van der Waals surface area contributed by atoms with Gasteiger partial charge in [-0.05, 0) is 43.0 Å². The van der Waals surface area contributed by atoms with Crippen molar-refractivity contribution in [3.05, 3.63) is 81.5 Å². The Morgan fingerprint density at radius 2 is 1.54 bits per heavy atom. The number of benzene rings is 2. The van der Waals surface area contributed by atoms with Crippen LogP contribution in [-0.4, -0.2) is 21.4 Å². The van der Waals surface area contributed by atoms with Crippen molar-refractivity contribution < 1.29 is 13.2 Å². The largest absolute Gasteiger partial charge is 0.347 e. The van der Waals surface area contributed by atoms with E-state index >= 15 is 0 Å². The van der Waals surface area contributed by atoms with Crippen LogP contribution in [0.1, 0.15) is 26.4 Å². The maximum absolute atomic E-state index is 12.9. The van der Waals surface area contributed by atoms with Crippen LogP contribution in [-0.2, 0) is 16.6 Å². The number of anilines is 1. The Labute approximate surface area is 169 Å². The summed E-state index contributed by atoms with van der Waals surface area (Å²) in [4.78, 5) is 13.2. The van der Waals surface area contributed by atoms with Crippen molar-refractivity contribution >= 4 is 33.0 Å². The quantitative estimate of drug-likeness (QED) is 0.660. The SMILES string of the molecule is Cc1ccc(CNC(=O)c2sccc2N(C)S(=O)(=O)c2ccc(C)cc2)cc1. The number of rotatable bonds is 6. The van der Waals surface area contributed by atoms with E-state index in [1.54, 1.807) is 35.7 Å². The number of hydrogen-bond donors (Lipinski definition) is 1. The molecule has 0 aliphatic heterocycles. The summed E-state index contributed by atoms with van der Waals surface area (Å²) in [5.74, 6) is -0.295. The summed E-state index contributed by atoms with van der Waals surface area (Å²) in [6.07, 6.45) is 0. The molecule has 146 valence electrons. The Balaban J connectivity index is 1.79. The molecule has 1 N–H and O–H groups in total. The van der Waals surface area contributed by atoms with Crippen molar-refractivity contribution in [2.75, 3.05) is 11.4 Å². The number of sulfonamides is 1. The maximum Gasteiger partial charge on any atom is 0.264 e. The Bertz CT molecular complexity index is 1070. The predicted octanol–water partition coefficient (Wildman–Crippen LogP) is 4.12. The lowest BCUT2D eigenvalue weighted by Gasteiger charge is -2.20. The fourth-order valence-corrected chi connectivity index (χ4v) is 4.79. The number of nitrogens with one attached hydrogen (secondary N) is 1. The maximum atomic E-state index is 12.9. The molecule has 0 unspecified atom stereocenters. The fraction of sp³-hybridized carbons (Fsp3) is 0.190. The molecule has 0 atom stereocenters. The molecule has 3 rings (SSSR count). The summed E-state index contributed by atoms with van der Waals surface area (Å²) in [6.45, 7) is 4.28. The summed E-state index contributed by atoms with van der Waals surface area (Å²) < 4.78 is 27.0. The highest BCUT2D eigenvalue weighted by molar-refractivity contribution is 7.92. The van der Waals surface area contributed by atoms with Crippen molar-refractivity contribution in [2.24, 2.45) is 0 Å². The molecule has 0 fully saturated rings. The first kappa shape index (κ1) is 20.1. The molecule has 0 bridgehead atoms. The molecule has 0 saturated carbocycles. The first-order valence-electron chi connectivity index (χ1n) is 8.76. The summed E-state index contributed by atoms with van der Waals surface area (Å²) in [7, 11) is -2.28. The van der Waals surface area contributed by atoms with Gasteiger partial charge in [0.25, 0.3) is 15.9 Å². The van der Waals surface area contributed by atoms with Crippen molar-refractivity contribution in [1.29, 1.82) is 0 Å². The van der Waals surface area contributed by atoms with Crippen LogP contribution in [0.3, 0.4) is 0 Å². The van der Waals surface area contributed by atoms with Gasteiger partial charge in [-0.2, -0.15) is 0 Å². The molecule has 0 aliphatic carbocycles. The molecule has 0 radical (unpaired) electrons. The van der Waals surface area contributed by atoms with Gasteiger partial charge in [0.1, 0.15) is 4.88 Å². The van der Waals surface area contributed by atoms with Gasteiger partial charge in [0, 0.05) is 13.6 Å². The van der Waals surface area contributed by atoms with Gasteiger partial charge in [0.15, 0.2) is 0 Å². The minimum absolute atomic E-state index is 0.192. The molecule has 1 heterocycles. The van der Waals surface area contributed by atoms with Crippen molar-refractivity contribution in [3.63, 3.8) is 0 Å². The Hall–Kier alpha value is -2.64. The molecule has 1 amide bonds. The summed E-state index contributed by atoms with van der Waals surface area (Å²) >= 11 is 1.22. The highest BCUT2D eigenvalue weighted by Gasteiger charge is 2.26. The lowest BCUT2D eigenvalue weighted by Crippen LogP contribution is -2.29. The minimum Gasteiger partial charge on any atom is -0.347 e. The average Bonchev–Trinajstić information content (AvgIpc) is 3.16. The number of nitrogens with zero attached hydrogens (tertiary/aromatic N) is 1. The third-order valence-corrected chi connectivity index (χ3v) is 7.13. The zero-order valence-corrected chi connectivity index (χ0v) is 17.6. The van der Waals surface area contributed by atoms with Gasteiger partial charge in [-0.25, -0.2) is 8.42 Å². The topological polar surface area (TPSA) is 66.5 Å². The van der Waals surface area contributed by atoms with Crippen LogP contribution in [0.5, 0.6) is 0 Å². The highest BCUT2D eigenvalue weighted by atomic mass is 32.2. The van der Waals surface area contributed by atoms with Gasteiger partial charge in [-0.3, -0.25) is 9.10 Å². The summed E-state index contributed by atoms with van der Waals surface area (Å²) in [6, 6.07) is 16.2. The third-order valence-electron chi connectivity index (χ3n) is 4.44. The van der Waals surface area contributed by atoms with Crippen molar-refractivity contribution in [2.45, 2.75) is 25.3 Å². The first-order chi connectivity index (χ1) is 13.3. The zero-order valence-electron chi connectivity index (χ0n) is 16.0. The van der Waals surface area contributed by atoms with Crippen molar-refractivity contribution in [1.82, 2.24) is 5.32 Å². The van der Waals surface area contributed by atoms with Gasteiger partial charge >= 0.3 is 0 Å². The highest BCUT2D eigenvalue weighted by Crippen LogP contribution is 2.30. The Kier molecular flexibility index (Phi) is 5.86. The van der Waals surface area contributed by atoms with Crippen LogP contribution in [0.2, 0.25) is 0 Å². The minimum atomic E-state index is -3.75. The fourth-order valence-electron chi connectivity index (χ4n) is 2.69. The second-order valence-corrected chi connectivity index (χ2v) is 9.47. The van der Waals surface area contributed by atoms with E-state index in [9.17, 15) is 13.2 Å². The number of amides is 1. The number of aryl methyl sites for hydroxylation is 2. The second kappa shape index (κ2) is 8.16. The normalized spacial score (nSPS) is 11.2. The lowest BCUT2D eigenvalue weighted by molar-refractivity contribution is 0.0955. The molecule has 0 saturated heterocycles. The molecule has 28 heavy (non-hydrogen) atoms. The smallest absolute Gasteiger partial charge is 0.264 e. The second-order valence-electron chi connectivity index (χ2n) is 6.59. The van der Waals surface area contributed by atoms with E-state index in [1.807, 2.05) is 38.1 Å². The molecular weight excluding hydrogens is 392 g/mol. The molecule has 0 spiro atoms. The number of hydrogen-bond acceptors (Lipinski definition) is 4. The van der Waals surface area contributed by atoms with Crippen LogP contribution in [0, 0.1) is 13.8 Å². The van der Waals surface area contributed by atoms with E-state index in [0.717, 1.165) is 21.0 Å². The van der Waals surface area contributed by atoms with Gasteiger partial charge in [-0.1, -0.05) is 47.5 Å². The lowest BCUT2D eigenvalue weighted by atomic mass is 10.1. The number of carbonyl (C=O) groups is 1. The van der Waals surface area contributed by atoms with Crippen LogP contribution in [0.15, 0.2) is 64.9 Å². The average molecular weight is 415 g/mol. The molecule has 3 aromatic rings. The van der Waals surface area contributed by atoms with Crippen LogP contribution < -0.4 is 9.62 Å². The number of carbonyl (C=O) groups excluding carboxylic acids is 1. The molecule has 2 aromatic carbocycles. The zero-order chi connectivity index (χ0) is 20.3. The first-order valence-corrected chi connectivity index (χ1v) is 11.1. The van der Waals surface area contributed by atoms with E-state index in [2.05, 4.69) is 5.32 Å². The van der Waals surface area contributed by atoms with E-state index in [4.69, 9.17) is 0 Å². The van der Waals surface area contributed by atoms with Crippen molar-refractivity contribution in [3.8, 4) is 0 Å². The monoisotopic (exact) mass is 414 g/mol. The third kappa shape index (κ3) is 4.26. The van der Waals surface area contributed by atoms with E-state index in [-0.39, 0.29) is 10.8 Å². The standard InChI is InChI=1S/C21H22N2O3S2/c1-15-4-8-17(9-5-15)14-22-21(24)20-19(12-13-27-20)23(3)28(25,26)18-10-6-16(2)7-11-18/h4-13H,14H2,1-3H3,(H,22,24). The molecule has 1 aromatic heterocycles. The Morgan fingerprint density at radius 3 is 2.14 bits per heavy atom. The predicted molar refractivity (Wildman–Crippen MR) is 113 cm³/mol. The van der Waals surface area contributed by atoms with Crippen LogP contribution in [0.4, 0.5) is 5.69 Å². The van der Waals surface area contributed by atoms with E-state index in [0.29, 0.717) is 17.1 Å². The van der Waals surface area contributed by atoms with Crippen LogP contribution >= 0.6 is 11.3 Å². The van der Waals surface area contributed by atoms with Gasteiger partial charge < -0.3 is 5.32 Å². The van der Waals surface area contributed by atoms with Gasteiger partial charge in [0.05, 0.1) is 10.6 Å². The molecule has 7 heteroatoms. The molecular formula is C21H22N2O3S2. The summed E-state index contributed by atoms with van der Waals surface area (Å²) in [5, 5.41) is 4.58. The van der Waals surface area contributed by atoms with E-state index < -0.39 is 10.0 Å². The molecule has 5 nitrogen and oxygen atoms in total. The van der Waals surface area contributed by atoms with Gasteiger partial charge in [0.2, 0.25) is 0 Å². The van der Waals surface area contributed by atoms with Crippen LogP contribution in [0.25, 0.3) is 0 Å². The van der Waals surface area contributed by atoms with Gasteiger partial charge in [-0.15, -0.1) is 11.3 Å².